The van der Waals surface area contributed by atoms with Gasteiger partial charge in [-0.2, -0.15) is 9.97 Å². The average molecular weight is 290 g/mol. The van der Waals surface area contributed by atoms with E-state index in [1.807, 2.05) is 6.92 Å². The summed E-state index contributed by atoms with van der Waals surface area (Å²) in [6.07, 6.45) is 1.42. The lowest BCUT2D eigenvalue weighted by molar-refractivity contribution is 0.582. The molecule has 3 N–H and O–H groups in total. The number of fused-ring (bicyclic) bond motifs is 1. The molecule has 0 aliphatic heterocycles. The van der Waals surface area contributed by atoms with E-state index in [9.17, 15) is 8.78 Å². The molecule has 0 aliphatic rings. The van der Waals surface area contributed by atoms with Crippen LogP contribution in [0.15, 0.2) is 24.5 Å². The van der Waals surface area contributed by atoms with Crippen LogP contribution in [0.5, 0.6) is 0 Å². The Bertz CT molecular complexity index is 794. The zero-order valence-corrected chi connectivity index (χ0v) is 11.1. The van der Waals surface area contributed by atoms with Gasteiger partial charge in [0.15, 0.2) is 17.0 Å². The predicted molar refractivity (Wildman–Crippen MR) is 75.2 cm³/mol. The van der Waals surface area contributed by atoms with E-state index in [1.165, 1.54) is 23.0 Å². The van der Waals surface area contributed by atoms with Crippen molar-refractivity contribution in [3.63, 3.8) is 0 Å². The highest BCUT2D eigenvalue weighted by Gasteiger charge is 2.13. The average Bonchev–Trinajstić information content (AvgIpc) is 2.81. The lowest BCUT2D eigenvalue weighted by Gasteiger charge is -2.07. The number of nitrogens with two attached hydrogens (primary N) is 1. The molecule has 0 saturated heterocycles. The van der Waals surface area contributed by atoms with E-state index >= 15 is 0 Å². The van der Waals surface area contributed by atoms with Gasteiger partial charge in [0, 0.05) is 12.6 Å². The van der Waals surface area contributed by atoms with Gasteiger partial charge in [0.1, 0.15) is 18.0 Å². The van der Waals surface area contributed by atoms with Crippen molar-refractivity contribution < 1.29 is 8.78 Å². The van der Waals surface area contributed by atoms with E-state index in [2.05, 4.69) is 20.3 Å². The molecular weight excluding hydrogens is 278 g/mol. The summed E-state index contributed by atoms with van der Waals surface area (Å²) in [6.45, 7) is 2.54. The van der Waals surface area contributed by atoms with Crippen molar-refractivity contribution in [2.75, 3.05) is 17.6 Å². The van der Waals surface area contributed by atoms with Gasteiger partial charge in [0.2, 0.25) is 5.95 Å². The molecule has 8 heteroatoms. The molecule has 0 saturated carbocycles. The van der Waals surface area contributed by atoms with Crippen LogP contribution >= 0.6 is 0 Å². The Morgan fingerprint density at radius 2 is 1.90 bits per heavy atom. The summed E-state index contributed by atoms with van der Waals surface area (Å²) in [5.41, 5.74) is 6.80. The molecule has 0 radical (unpaired) electrons. The Morgan fingerprint density at radius 1 is 1.19 bits per heavy atom. The zero-order chi connectivity index (χ0) is 15.0. The molecule has 3 rings (SSSR count). The standard InChI is InChI=1S/C13H12F2N6/c1-2-17-11-10-12(20-13(16)19-11)21(6-18-10)9-4-7(14)3-8(15)5-9/h3-6H,2H2,1H3,(H3,16,17,19,20). The van der Waals surface area contributed by atoms with Crippen LogP contribution in [0, 0.1) is 11.6 Å². The number of hydrogen-bond donors (Lipinski definition) is 2. The first-order chi connectivity index (χ1) is 10.1. The van der Waals surface area contributed by atoms with Crippen LogP contribution < -0.4 is 11.1 Å². The van der Waals surface area contributed by atoms with Gasteiger partial charge >= 0.3 is 0 Å². The molecule has 0 atom stereocenters. The molecule has 108 valence electrons. The minimum Gasteiger partial charge on any atom is -0.368 e. The number of hydrogen-bond acceptors (Lipinski definition) is 5. The first kappa shape index (κ1) is 13.2. The molecular formula is C13H12F2N6. The van der Waals surface area contributed by atoms with E-state index in [-0.39, 0.29) is 11.6 Å². The summed E-state index contributed by atoms with van der Waals surface area (Å²) in [7, 11) is 0. The van der Waals surface area contributed by atoms with Gasteiger partial charge in [-0.3, -0.25) is 4.57 Å². The molecule has 6 nitrogen and oxygen atoms in total. The van der Waals surface area contributed by atoms with Gasteiger partial charge in [-0.25, -0.2) is 13.8 Å². The van der Waals surface area contributed by atoms with Crippen molar-refractivity contribution in [2.45, 2.75) is 6.92 Å². The van der Waals surface area contributed by atoms with Crippen molar-refractivity contribution in [1.82, 2.24) is 19.5 Å². The molecule has 1 aromatic carbocycles. The maximum atomic E-state index is 13.4. The van der Waals surface area contributed by atoms with E-state index in [1.54, 1.807) is 0 Å². The molecule has 0 unspecified atom stereocenters. The fourth-order valence-corrected chi connectivity index (χ4v) is 2.07. The van der Waals surface area contributed by atoms with E-state index < -0.39 is 11.6 Å². The number of halogens is 2. The smallest absolute Gasteiger partial charge is 0.224 e. The number of rotatable bonds is 3. The number of nitrogens with zero attached hydrogens (tertiary/aromatic N) is 4. The topological polar surface area (TPSA) is 81.7 Å². The summed E-state index contributed by atoms with van der Waals surface area (Å²) in [5, 5.41) is 3.02. The van der Waals surface area contributed by atoms with Crippen LogP contribution in [-0.4, -0.2) is 26.1 Å². The normalized spacial score (nSPS) is 11.0. The molecule has 0 bridgehead atoms. The summed E-state index contributed by atoms with van der Waals surface area (Å²) in [6, 6.07) is 3.18. The third-order valence-electron chi connectivity index (χ3n) is 2.88. The first-order valence-corrected chi connectivity index (χ1v) is 6.29. The lowest BCUT2D eigenvalue weighted by atomic mass is 10.3. The largest absolute Gasteiger partial charge is 0.368 e. The van der Waals surface area contributed by atoms with Crippen LogP contribution in [-0.2, 0) is 0 Å². The van der Waals surface area contributed by atoms with Crippen molar-refractivity contribution in [2.24, 2.45) is 0 Å². The Kier molecular flexibility index (Phi) is 3.13. The second kappa shape index (κ2) is 4.97. The number of aromatic nitrogens is 4. The van der Waals surface area contributed by atoms with Crippen molar-refractivity contribution in [3.05, 3.63) is 36.2 Å². The van der Waals surface area contributed by atoms with Gasteiger partial charge in [0.25, 0.3) is 0 Å². The van der Waals surface area contributed by atoms with Gasteiger partial charge in [-0.1, -0.05) is 0 Å². The maximum Gasteiger partial charge on any atom is 0.224 e. The number of nitrogens with one attached hydrogen (secondary N) is 1. The minimum absolute atomic E-state index is 0.0528. The highest BCUT2D eigenvalue weighted by atomic mass is 19.1. The fourth-order valence-electron chi connectivity index (χ4n) is 2.07. The van der Waals surface area contributed by atoms with E-state index in [0.29, 0.717) is 23.5 Å². The Hall–Kier alpha value is -2.77. The first-order valence-electron chi connectivity index (χ1n) is 6.29. The summed E-state index contributed by atoms with van der Waals surface area (Å²) in [5.74, 6) is -0.825. The predicted octanol–water partition coefficient (Wildman–Crippen LogP) is 2.11. The van der Waals surface area contributed by atoms with Crippen molar-refractivity contribution in [3.8, 4) is 5.69 Å². The van der Waals surface area contributed by atoms with Crippen molar-refractivity contribution >= 4 is 22.9 Å². The molecule has 2 heterocycles. The number of anilines is 2. The summed E-state index contributed by atoms with van der Waals surface area (Å²) >= 11 is 0. The molecule has 0 spiro atoms. The zero-order valence-electron chi connectivity index (χ0n) is 11.1. The molecule has 0 amide bonds. The number of benzene rings is 1. The van der Waals surface area contributed by atoms with Gasteiger partial charge < -0.3 is 11.1 Å². The molecule has 21 heavy (non-hydrogen) atoms. The van der Waals surface area contributed by atoms with Crippen LogP contribution in [0.2, 0.25) is 0 Å². The number of nitrogen functional groups attached to an aromatic ring is 1. The molecule has 3 aromatic rings. The quantitative estimate of drug-likeness (QED) is 0.772. The van der Waals surface area contributed by atoms with Crippen LogP contribution in [0.4, 0.5) is 20.5 Å². The highest BCUT2D eigenvalue weighted by molar-refractivity contribution is 5.85. The second-order valence-electron chi connectivity index (χ2n) is 4.38. The third-order valence-corrected chi connectivity index (χ3v) is 2.88. The van der Waals surface area contributed by atoms with Gasteiger partial charge in [-0.15, -0.1) is 0 Å². The van der Waals surface area contributed by atoms with Crippen LogP contribution in [0.25, 0.3) is 16.9 Å². The van der Waals surface area contributed by atoms with Gasteiger partial charge in [-0.05, 0) is 19.1 Å². The third kappa shape index (κ3) is 2.35. The van der Waals surface area contributed by atoms with E-state index in [0.717, 1.165) is 6.07 Å². The van der Waals surface area contributed by atoms with Crippen LogP contribution in [0.3, 0.4) is 0 Å². The maximum absolute atomic E-state index is 13.4. The Morgan fingerprint density at radius 3 is 2.57 bits per heavy atom. The molecule has 0 fully saturated rings. The molecule has 0 aliphatic carbocycles. The van der Waals surface area contributed by atoms with Crippen LogP contribution in [0.1, 0.15) is 6.92 Å². The van der Waals surface area contributed by atoms with E-state index in [4.69, 9.17) is 5.73 Å². The monoisotopic (exact) mass is 290 g/mol. The lowest BCUT2D eigenvalue weighted by Crippen LogP contribution is -2.05. The SMILES string of the molecule is CCNc1nc(N)nc2c1ncn2-c1cc(F)cc(F)c1. The number of imidazole rings is 1. The Balaban J connectivity index is 2.24. The molecule has 2 aromatic heterocycles. The van der Waals surface area contributed by atoms with Gasteiger partial charge in [0.05, 0.1) is 5.69 Å². The minimum atomic E-state index is -0.680. The second-order valence-corrected chi connectivity index (χ2v) is 4.38. The summed E-state index contributed by atoms with van der Waals surface area (Å²) in [4.78, 5) is 12.4. The highest BCUT2D eigenvalue weighted by Crippen LogP contribution is 2.23. The Labute approximate surface area is 118 Å². The van der Waals surface area contributed by atoms with Crippen molar-refractivity contribution in [1.29, 1.82) is 0 Å². The summed E-state index contributed by atoms with van der Waals surface area (Å²) < 4.78 is 28.2. The fraction of sp³-hybridized carbons (Fsp3) is 0.154.